The number of halogens is 1. The summed E-state index contributed by atoms with van der Waals surface area (Å²) < 4.78 is 4.63. The number of guanidine groups is 1. The number of ether oxygens (including phenoxy) is 1. The first-order valence-corrected chi connectivity index (χ1v) is 10.0. The Kier molecular flexibility index (Phi) is 12.3. The maximum Gasteiger partial charge on any atom is 0.305 e. The monoisotopic (exact) mass is 516 g/mol. The zero-order valence-electron chi connectivity index (χ0n) is 17.4. The molecule has 0 spiro atoms. The minimum absolute atomic E-state index is 0. The molecule has 7 nitrogen and oxygen atoms in total. The molecule has 0 bridgehead atoms. The molecular formula is C21H33IN4O3. The fraction of sp³-hybridized carbons (Fsp3) is 0.571. The van der Waals surface area contributed by atoms with Gasteiger partial charge in [-0.05, 0) is 37.0 Å². The summed E-state index contributed by atoms with van der Waals surface area (Å²) in [6.45, 7) is 2.33. The lowest BCUT2D eigenvalue weighted by Crippen LogP contribution is -2.37. The first-order valence-electron chi connectivity index (χ1n) is 10.0. The summed E-state index contributed by atoms with van der Waals surface area (Å²) in [6, 6.07) is 8.10. The topological polar surface area (TPSA) is 83.0 Å². The van der Waals surface area contributed by atoms with E-state index in [2.05, 4.69) is 20.4 Å². The third kappa shape index (κ3) is 9.01. The lowest BCUT2D eigenvalue weighted by Gasteiger charge is -2.16. The molecule has 0 atom stereocenters. The molecule has 1 aliphatic heterocycles. The number of hydrogen-bond donors (Lipinski definition) is 2. The number of esters is 1. The molecule has 29 heavy (non-hydrogen) atoms. The molecule has 1 amide bonds. The van der Waals surface area contributed by atoms with Crippen LogP contribution in [0.4, 0.5) is 5.69 Å². The first kappa shape index (κ1) is 25.2. The zero-order valence-corrected chi connectivity index (χ0v) is 19.7. The average Bonchev–Trinajstić information content (AvgIpc) is 3.15. The number of anilines is 1. The fourth-order valence-electron chi connectivity index (χ4n) is 3.18. The van der Waals surface area contributed by atoms with Crippen molar-refractivity contribution in [3.8, 4) is 0 Å². The second kappa shape index (κ2) is 14.2. The number of carbonyl (C=O) groups is 2. The molecule has 1 aliphatic rings. The Morgan fingerprint density at radius 1 is 1.14 bits per heavy atom. The van der Waals surface area contributed by atoms with E-state index in [9.17, 15) is 9.59 Å². The molecule has 0 radical (unpaired) electrons. The van der Waals surface area contributed by atoms with Gasteiger partial charge in [0.05, 0.1) is 7.11 Å². The Morgan fingerprint density at radius 3 is 2.48 bits per heavy atom. The number of nitrogens with one attached hydrogen (secondary N) is 2. The predicted molar refractivity (Wildman–Crippen MR) is 127 cm³/mol. The number of carbonyl (C=O) groups excluding carboxylic acids is 2. The fourth-order valence-corrected chi connectivity index (χ4v) is 3.18. The van der Waals surface area contributed by atoms with Crippen LogP contribution in [0.1, 0.15) is 50.5 Å². The van der Waals surface area contributed by atoms with E-state index in [4.69, 9.17) is 0 Å². The van der Waals surface area contributed by atoms with Gasteiger partial charge in [0.2, 0.25) is 5.91 Å². The summed E-state index contributed by atoms with van der Waals surface area (Å²) in [5.74, 6) is 0.844. The van der Waals surface area contributed by atoms with E-state index >= 15 is 0 Å². The second-order valence-corrected chi connectivity index (χ2v) is 6.91. The van der Waals surface area contributed by atoms with Crippen LogP contribution < -0.4 is 15.5 Å². The average molecular weight is 516 g/mol. The number of aliphatic imine (C=N–C) groups is 1. The van der Waals surface area contributed by atoms with Gasteiger partial charge < -0.3 is 20.3 Å². The number of unbranched alkanes of at least 4 members (excludes halogenated alkanes) is 3. The van der Waals surface area contributed by atoms with Crippen molar-refractivity contribution in [2.45, 2.75) is 51.5 Å². The van der Waals surface area contributed by atoms with Crippen molar-refractivity contribution in [3.63, 3.8) is 0 Å². The molecule has 1 fully saturated rings. The van der Waals surface area contributed by atoms with Gasteiger partial charge >= 0.3 is 5.97 Å². The van der Waals surface area contributed by atoms with E-state index in [0.717, 1.165) is 62.4 Å². The van der Waals surface area contributed by atoms with Crippen molar-refractivity contribution in [1.82, 2.24) is 10.6 Å². The van der Waals surface area contributed by atoms with Gasteiger partial charge in [-0.15, -0.1) is 24.0 Å². The van der Waals surface area contributed by atoms with Gasteiger partial charge in [-0.25, -0.2) is 0 Å². The lowest BCUT2D eigenvalue weighted by molar-refractivity contribution is -0.140. The van der Waals surface area contributed by atoms with Crippen LogP contribution >= 0.6 is 24.0 Å². The van der Waals surface area contributed by atoms with Crippen molar-refractivity contribution in [2.24, 2.45) is 4.99 Å². The summed E-state index contributed by atoms with van der Waals surface area (Å²) in [7, 11) is 3.18. The summed E-state index contributed by atoms with van der Waals surface area (Å²) in [5.41, 5.74) is 2.11. The number of benzene rings is 1. The van der Waals surface area contributed by atoms with Gasteiger partial charge in [0.15, 0.2) is 5.96 Å². The van der Waals surface area contributed by atoms with Crippen LogP contribution in [-0.2, 0) is 20.9 Å². The molecule has 1 saturated heterocycles. The highest BCUT2D eigenvalue weighted by Gasteiger charge is 2.21. The standard InChI is InChI=1S/C21H32N4O3.HI/c1-22-21(23-14-6-4-3-5-9-20(27)28-2)24-16-17-10-12-18(13-11-17)25-15-7-8-19(25)26;/h10-13H,3-9,14-16H2,1-2H3,(H2,22,23,24);1H. The summed E-state index contributed by atoms with van der Waals surface area (Å²) in [6.07, 6.45) is 6.08. The summed E-state index contributed by atoms with van der Waals surface area (Å²) in [5, 5.41) is 6.61. The maximum absolute atomic E-state index is 11.8. The van der Waals surface area contributed by atoms with Gasteiger partial charge in [-0.1, -0.05) is 25.0 Å². The van der Waals surface area contributed by atoms with Crippen molar-refractivity contribution >= 4 is 47.5 Å². The van der Waals surface area contributed by atoms with E-state index < -0.39 is 0 Å². The molecule has 8 heteroatoms. The van der Waals surface area contributed by atoms with Crippen molar-refractivity contribution in [1.29, 1.82) is 0 Å². The SMILES string of the molecule is CN=C(NCCCCCCC(=O)OC)NCc1ccc(N2CCCC2=O)cc1.I. The van der Waals surface area contributed by atoms with E-state index in [-0.39, 0.29) is 35.9 Å². The van der Waals surface area contributed by atoms with E-state index in [1.54, 1.807) is 7.05 Å². The van der Waals surface area contributed by atoms with Gasteiger partial charge in [0.25, 0.3) is 0 Å². The van der Waals surface area contributed by atoms with Crippen LogP contribution in [0.2, 0.25) is 0 Å². The Bertz CT molecular complexity index is 664. The smallest absolute Gasteiger partial charge is 0.305 e. The van der Waals surface area contributed by atoms with Gasteiger partial charge in [-0.2, -0.15) is 0 Å². The van der Waals surface area contributed by atoms with Crippen molar-refractivity contribution < 1.29 is 14.3 Å². The number of methoxy groups -OCH3 is 1. The molecule has 1 aromatic rings. The Morgan fingerprint density at radius 2 is 1.86 bits per heavy atom. The minimum atomic E-state index is -0.136. The van der Waals surface area contributed by atoms with Gasteiger partial charge in [0.1, 0.15) is 0 Å². The highest BCUT2D eigenvalue weighted by molar-refractivity contribution is 14.0. The van der Waals surface area contributed by atoms with E-state index in [1.807, 2.05) is 29.2 Å². The second-order valence-electron chi connectivity index (χ2n) is 6.91. The molecule has 2 N–H and O–H groups in total. The Labute approximate surface area is 190 Å². The van der Waals surface area contributed by atoms with Gasteiger partial charge in [-0.3, -0.25) is 14.6 Å². The first-order chi connectivity index (χ1) is 13.6. The largest absolute Gasteiger partial charge is 0.469 e. The number of amides is 1. The number of nitrogens with zero attached hydrogens (tertiary/aromatic N) is 2. The molecule has 162 valence electrons. The maximum atomic E-state index is 11.8. The van der Waals surface area contributed by atoms with E-state index in [1.165, 1.54) is 7.11 Å². The third-order valence-electron chi connectivity index (χ3n) is 4.83. The lowest BCUT2D eigenvalue weighted by atomic mass is 10.1. The Balaban J connectivity index is 0.00000420. The van der Waals surface area contributed by atoms with Crippen molar-refractivity contribution in [3.05, 3.63) is 29.8 Å². The molecule has 0 unspecified atom stereocenters. The van der Waals surface area contributed by atoms with Crippen molar-refractivity contribution in [2.75, 3.05) is 32.1 Å². The highest BCUT2D eigenvalue weighted by atomic mass is 127. The molecule has 0 saturated carbocycles. The van der Waals surface area contributed by atoms with Crippen LogP contribution in [0.25, 0.3) is 0 Å². The minimum Gasteiger partial charge on any atom is -0.469 e. The van der Waals surface area contributed by atoms with Crippen LogP contribution in [0.5, 0.6) is 0 Å². The Hall–Kier alpha value is -1.84. The van der Waals surface area contributed by atoms with Crippen LogP contribution in [-0.4, -0.2) is 45.1 Å². The summed E-state index contributed by atoms with van der Waals surface area (Å²) >= 11 is 0. The van der Waals surface area contributed by atoms with Gasteiger partial charge in [0, 0.05) is 45.2 Å². The predicted octanol–water partition coefficient (Wildman–Crippen LogP) is 3.22. The summed E-state index contributed by atoms with van der Waals surface area (Å²) in [4.78, 5) is 28.9. The quantitative estimate of drug-likeness (QED) is 0.164. The van der Waals surface area contributed by atoms with Crippen LogP contribution in [0.15, 0.2) is 29.3 Å². The normalized spacial score (nSPS) is 13.8. The molecule has 0 aliphatic carbocycles. The zero-order chi connectivity index (χ0) is 20.2. The highest BCUT2D eigenvalue weighted by Crippen LogP contribution is 2.21. The third-order valence-corrected chi connectivity index (χ3v) is 4.83. The molecular weight excluding hydrogens is 483 g/mol. The molecule has 2 rings (SSSR count). The molecule has 0 aromatic heterocycles. The van der Waals surface area contributed by atoms with Crippen LogP contribution in [0.3, 0.4) is 0 Å². The number of hydrogen-bond acceptors (Lipinski definition) is 4. The van der Waals surface area contributed by atoms with Crippen LogP contribution in [0, 0.1) is 0 Å². The number of rotatable bonds is 10. The molecule has 1 aromatic carbocycles. The van der Waals surface area contributed by atoms with E-state index in [0.29, 0.717) is 19.4 Å². The molecule has 1 heterocycles.